The Morgan fingerprint density at radius 1 is 1.27 bits per heavy atom. The van der Waals surface area contributed by atoms with Gasteiger partial charge in [0.25, 0.3) is 0 Å². The maximum absolute atomic E-state index is 12.8. The highest BCUT2D eigenvalue weighted by Crippen LogP contribution is 2.33. The normalized spacial score (nSPS) is 16.0. The van der Waals surface area contributed by atoms with Crippen molar-refractivity contribution < 1.29 is 23.5 Å². The van der Waals surface area contributed by atoms with Gasteiger partial charge < -0.3 is 14.5 Å². The number of halogens is 1. The van der Waals surface area contributed by atoms with E-state index < -0.39 is 5.97 Å². The van der Waals surface area contributed by atoms with Crippen LogP contribution in [0.1, 0.15) is 57.7 Å². The largest absolute Gasteiger partial charge is 0.497 e. The fraction of sp³-hybridized carbons (Fsp3) is 0.400. The molecule has 1 atom stereocenters. The van der Waals surface area contributed by atoms with Gasteiger partial charge >= 0.3 is 5.97 Å². The van der Waals surface area contributed by atoms with E-state index in [4.69, 9.17) is 9.47 Å². The van der Waals surface area contributed by atoms with Gasteiger partial charge in [-0.3, -0.25) is 9.18 Å². The minimum absolute atomic E-state index is 0.00683. The third-order valence-electron chi connectivity index (χ3n) is 4.50. The molecule has 3 rings (SSSR count). The van der Waals surface area contributed by atoms with Crippen LogP contribution in [0.5, 0.6) is 5.75 Å². The molecule has 2 aromatic rings. The predicted octanol–water partition coefficient (Wildman–Crippen LogP) is 4.09. The van der Waals surface area contributed by atoms with Crippen LogP contribution < -0.4 is 4.74 Å². The molecule has 1 heterocycles. The molecule has 0 saturated heterocycles. The number of carbonyl (C=O) groups is 2. The maximum atomic E-state index is 12.8. The van der Waals surface area contributed by atoms with Crippen LogP contribution in [0, 0.1) is 0 Å². The maximum Gasteiger partial charge on any atom is 0.340 e. The average molecular weight is 361 g/mol. The summed E-state index contributed by atoms with van der Waals surface area (Å²) in [7, 11) is 2.13. The summed E-state index contributed by atoms with van der Waals surface area (Å²) in [6, 6.07) is 7.83. The SMILES string of the molecule is CCOC(=O)c1c[nH]c2c1C(=O)CC(c1ccc(OC)cc1)CC2.CF. The smallest absolute Gasteiger partial charge is 0.340 e. The highest BCUT2D eigenvalue weighted by molar-refractivity contribution is 6.07. The van der Waals surface area contributed by atoms with Gasteiger partial charge in [-0.25, -0.2) is 4.79 Å². The van der Waals surface area contributed by atoms with Crippen LogP contribution in [0.4, 0.5) is 4.39 Å². The molecule has 1 N–H and O–H groups in total. The third-order valence-corrected chi connectivity index (χ3v) is 4.50. The first-order valence-electron chi connectivity index (χ1n) is 8.56. The summed E-state index contributed by atoms with van der Waals surface area (Å²) < 4.78 is 19.7. The topological polar surface area (TPSA) is 68.4 Å². The van der Waals surface area contributed by atoms with Gasteiger partial charge in [0.05, 0.1) is 32.0 Å². The van der Waals surface area contributed by atoms with Gasteiger partial charge in [0.1, 0.15) is 5.75 Å². The van der Waals surface area contributed by atoms with Gasteiger partial charge in [0.2, 0.25) is 0 Å². The second kappa shape index (κ2) is 9.17. The fourth-order valence-electron chi connectivity index (χ4n) is 3.26. The molecule has 26 heavy (non-hydrogen) atoms. The Bertz CT molecular complexity index is 752. The van der Waals surface area contributed by atoms with Crippen molar-refractivity contribution in [3.05, 3.63) is 52.8 Å². The Morgan fingerprint density at radius 2 is 1.96 bits per heavy atom. The Balaban J connectivity index is 0.00000117. The first kappa shape index (κ1) is 19.7. The second-order valence-corrected chi connectivity index (χ2v) is 5.91. The van der Waals surface area contributed by atoms with Crippen LogP contribution in [0.3, 0.4) is 0 Å². The summed E-state index contributed by atoms with van der Waals surface area (Å²) in [6.45, 7) is 2.05. The van der Waals surface area contributed by atoms with Crippen LogP contribution in [0.15, 0.2) is 30.5 Å². The molecule has 1 aliphatic carbocycles. The van der Waals surface area contributed by atoms with Crippen LogP contribution >= 0.6 is 0 Å². The van der Waals surface area contributed by atoms with Crippen molar-refractivity contribution in [2.24, 2.45) is 0 Å². The minimum Gasteiger partial charge on any atom is -0.497 e. The van der Waals surface area contributed by atoms with Crippen LogP contribution in [0.2, 0.25) is 0 Å². The molecule has 1 aromatic carbocycles. The first-order valence-corrected chi connectivity index (χ1v) is 8.56. The van der Waals surface area contributed by atoms with E-state index in [1.807, 2.05) is 24.3 Å². The number of carbonyl (C=O) groups excluding carboxylic acids is 2. The number of ether oxygens (including phenoxy) is 2. The highest BCUT2D eigenvalue weighted by Gasteiger charge is 2.29. The molecular weight excluding hydrogens is 337 g/mol. The molecule has 0 amide bonds. The molecule has 0 bridgehead atoms. The van der Waals surface area contributed by atoms with E-state index in [2.05, 4.69) is 4.98 Å². The minimum atomic E-state index is -0.439. The number of esters is 1. The number of ketones is 1. The van der Waals surface area contributed by atoms with E-state index in [9.17, 15) is 14.0 Å². The molecule has 1 aromatic heterocycles. The van der Waals surface area contributed by atoms with Crippen LogP contribution in [-0.4, -0.2) is 37.6 Å². The molecule has 0 radical (unpaired) electrons. The number of benzene rings is 1. The van der Waals surface area contributed by atoms with Crippen molar-refractivity contribution in [3.63, 3.8) is 0 Å². The number of aromatic amines is 1. The first-order chi connectivity index (χ1) is 12.6. The van der Waals surface area contributed by atoms with E-state index >= 15 is 0 Å². The van der Waals surface area contributed by atoms with E-state index in [0.717, 1.165) is 29.8 Å². The molecule has 1 aliphatic rings. The lowest BCUT2D eigenvalue weighted by Crippen LogP contribution is -2.11. The predicted molar refractivity (Wildman–Crippen MR) is 96.8 cm³/mol. The Labute approximate surface area is 152 Å². The molecule has 0 spiro atoms. The standard InChI is InChI=1S/C19H21NO4.CH3F/c1-3-24-19(22)15-11-20-16-9-6-13(10-17(21)18(15)16)12-4-7-14(23-2)8-5-12;1-2/h4-5,7-8,11,13,20H,3,6,9-10H2,1-2H3;1H3. The number of H-pyrrole nitrogens is 1. The zero-order chi connectivity index (χ0) is 19.1. The number of Topliss-reactive ketones (excluding diaryl/α,β-unsaturated/α-hetero) is 1. The van der Waals surface area contributed by atoms with E-state index in [1.54, 1.807) is 20.2 Å². The summed E-state index contributed by atoms with van der Waals surface area (Å²) in [4.78, 5) is 27.9. The lowest BCUT2D eigenvalue weighted by Gasteiger charge is -2.14. The van der Waals surface area contributed by atoms with Crippen LogP contribution in [-0.2, 0) is 11.2 Å². The molecule has 5 nitrogen and oxygen atoms in total. The number of nitrogens with one attached hydrogen (secondary N) is 1. The number of rotatable bonds is 4. The Hall–Kier alpha value is -2.63. The van der Waals surface area contributed by atoms with Crippen molar-refractivity contribution in [1.29, 1.82) is 0 Å². The van der Waals surface area contributed by atoms with Crippen molar-refractivity contribution in [3.8, 4) is 5.75 Å². The molecule has 6 heteroatoms. The molecule has 1 unspecified atom stereocenters. The summed E-state index contributed by atoms with van der Waals surface area (Å²) in [5.74, 6) is 0.492. The second-order valence-electron chi connectivity index (χ2n) is 5.91. The average Bonchev–Trinajstić information content (AvgIpc) is 3.04. The number of aryl methyl sites for hydroxylation is 1. The highest BCUT2D eigenvalue weighted by atomic mass is 19.1. The number of alkyl halides is 1. The number of methoxy groups -OCH3 is 1. The van der Waals surface area contributed by atoms with E-state index in [0.29, 0.717) is 31.3 Å². The number of hydrogen-bond donors (Lipinski definition) is 1. The number of fused-ring (bicyclic) bond motifs is 1. The quantitative estimate of drug-likeness (QED) is 0.658. The molecule has 0 fully saturated rings. The fourth-order valence-corrected chi connectivity index (χ4v) is 3.26. The van der Waals surface area contributed by atoms with Gasteiger partial charge in [-0.2, -0.15) is 0 Å². The lowest BCUT2D eigenvalue weighted by atomic mass is 9.90. The van der Waals surface area contributed by atoms with Crippen molar-refractivity contribution in [1.82, 2.24) is 4.98 Å². The van der Waals surface area contributed by atoms with Gasteiger partial charge in [-0.05, 0) is 43.4 Å². The Kier molecular flexibility index (Phi) is 6.95. The van der Waals surface area contributed by atoms with E-state index in [1.165, 1.54) is 0 Å². The molecule has 140 valence electrons. The number of hydrogen-bond acceptors (Lipinski definition) is 4. The number of aromatic nitrogens is 1. The molecule has 0 aliphatic heterocycles. The summed E-state index contributed by atoms with van der Waals surface area (Å²) in [5, 5.41) is 0. The zero-order valence-electron chi connectivity index (χ0n) is 15.3. The van der Waals surface area contributed by atoms with Crippen molar-refractivity contribution in [2.75, 3.05) is 20.9 Å². The zero-order valence-corrected chi connectivity index (χ0v) is 15.3. The van der Waals surface area contributed by atoms with Crippen molar-refractivity contribution in [2.45, 2.75) is 32.1 Å². The van der Waals surface area contributed by atoms with Gasteiger partial charge in [0, 0.05) is 18.3 Å². The monoisotopic (exact) mass is 361 g/mol. The molecule has 0 saturated carbocycles. The van der Waals surface area contributed by atoms with Gasteiger partial charge in [-0.15, -0.1) is 0 Å². The lowest BCUT2D eigenvalue weighted by molar-refractivity contribution is 0.0523. The van der Waals surface area contributed by atoms with Crippen LogP contribution in [0.25, 0.3) is 0 Å². The molecular formula is C20H24FNO4. The van der Waals surface area contributed by atoms with Gasteiger partial charge in [0.15, 0.2) is 5.78 Å². The third kappa shape index (κ3) is 4.12. The summed E-state index contributed by atoms with van der Waals surface area (Å²) in [6.07, 6.45) is 3.57. The summed E-state index contributed by atoms with van der Waals surface area (Å²) in [5.41, 5.74) is 2.81. The Morgan fingerprint density at radius 3 is 2.58 bits per heavy atom. The summed E-state index contributed by atoms with van der Waals surface area (Å²) >= 11 is 0. The van der Waals surface area contributed by atoms with Gasteiger partial charge in [-0.1, -0.05) is 12.1 Å². The van der Waals surface area contributed by atoms with Crippen molar-refractivity contribution >= 4 is 11.8 Å². The van der Waals surface area contributed by atoms with E-state index in [-0.39, 0.29) is 11.7 Å².